The van der Waals surface area contributed by atoms with E-state index in [1.807, 2.05) is 6.07 Å². The second-order valence-corrected chi connectivity index (χ2v) is 7.89. The smallest absolute Gasteiger partial charge is 0.234 e. The first-order valence-corrected chi connectivity index (χ1v) is 10.3. The summed E-state index contributed by atoms with van der Waals surface area (Å²) in [7, 11) is 2.08. The number of benzene rings is 2. The maximum atomic E-state index is 12.3. The molecule has 1 aliphatic heterocycles. The highest BCUT2D eigenvalue weighted by Crippen LogP contribution is 2.16. The van der Waals surface area contributed by atoms with E-state index in [1.165, 1.54) is 11.1 Å². The summed E-state index contributed by atoms with van der Waals surface area (Å²) in [6.45, 7) is 7.68. The topological polar surface area (TPSA) is 53.4 Å². The van der Waals surface area contributed by atoms with Crippen LogP contribution in [0.3, 0.4) is 0 Å². The van der Waals surface area contributed by atoms with E-state index in [0.29, 0.717) is 13.1 Å². The van der Waals surface area contributed by atoms with Crippen LogP contribution in [0.15, 0.2) is 48.5 Å². The van der Waals surface area contributed by atoms with Crippen molar-refractivity contribution in [2.45, 2.75) is 20.0 Å². The number of carbonyl (C=O) groups is 1. The molecular formula is C23H29N5O. The molecule has 6 nitrogen and oxygen atoms in total. The van der Waals surface area contributed by atoms with Crippen LogP contribution in [-0.2, 0) is 24.9 Å². The largest absolute Gasteiger partial charge is 0.351 e. The summed E-state index contributed by atoms with van der Waals surface area (Å²) >= 11 is 0. The van der Waals surface area contributed by atoms with Gasteiger partial charge >= 0.3 is 0 Å². The van der Waals surface area contributed by atoms with Crippen molar-refractivity contribution in [3.63, 3.8) is 0 Å². The number of piperazine rings is 1. The molecule has 29 heavy (non-hydrogen) atoms. The monoisotopic (exact) mass is 391 g/mol. The minimum atomic E-state index is 0.0920. The van der Waals surface area contributed by atoms with Crippen LogP contribution < -0.4 is 5.32 Å². The zero-order valence-corrected chi connectivity index (χ0v) is 17.3. The number of amides is 1. The number of aromatic nitrogens is 2. The van der Waals surface area contributed by atoms with Gasteiger partial charge in [-0.15, -0.1) is 0 Å². The van der Waals surface area contributed by atoms with E-state index >= 15 is 0 Å². The summed E-state index contributed by atoms with van der Waals surface area (Å²) < 4.78 is 2.18. The molecule has 1 N–H and O–H groups in total. The number of nitrogens with one attached hydrogen (secondary N) is 1. The van der Waals surface area contributed by atoms with Crippen LogP contribution in [0.1, 0.15) is 17.0 Å². The SMILES string of the molecule is Cc1ccc(CNC(=O)CN2CCN(Cc3nc4ccccc4n3C)CC2)cc1. The zero-order valence-electron chi connectivity index (χ0n) is 17.3. The lowest BCUT2D eigenvalue weighted by Crippen LogP contribution is -2.49. The molecule has 0 aliphatic carbocycles. The van der Waals surface area contributed by atoms with Crippen LogP contribution in [0.2, 0.25) is 0 Å². The lowest BCUT2D eigenvalue weighted by molar-refractivity contribution is -0.122. The molecule has 0 unspecified atom stereocenters. The number of imidazole rings is 1. The fourth-order valence-corrected chi connectivity index (χ4v) is 3.81. The first-order valence-electron chi connectivity index (χ1n) is 10.3. The molecule has 1 saturated heterocycles. The standard InChI is InChI=1S/C23H29N5O/c1-18-7-9-19(10-8-18)15-24-23(29)17-28-13-11-27(12-14-28)16-22-25-20-5-3-4-6-21(20)26(22)2/h3-10H,11-17H2,1-2H3,(H,24,29). The molecule has 4 rings (SSSR count). The van der Waals surface area contributed by atoms with Gasteiger partial charge in [0.15, 0.2) is 0 Å². The summed E-state index contributed by atoms with van der Waals surface area (Å²) in [6, 6.07) is 16.5. The molecule has 2 aromatic carbocycles. The Kier molecular flexibility index (Phi) is 5.92. The van der Waals surface area contributed by atoms with Crippen molar-refractivity contribution in [1.29, 1.82) is 0 Å². The van der Waals surface area contributed by atoms with Gasteiger partial charge in [-0.2, -0.15) is 0 Å². The lowest BCUT2D eigenvalue weighted by atomic mass is 10.1. The van der Waals surface area contributed by atoms with Gasteiger partial charge in [0.05, 0.1) is 24.1 Å². The van der Waals surface area contributed by atoms with Gasteiger partial charge in [-0.3, -0.25) is 14.6 Å². The van der Waals surface area contributed by atoms with Crippen molar-refractivity contribution in [1.82, 2.24) is 24.7 Å². The molecular weight excluding hydrogens is 362 g/mol. The van der Waals surface area contributed by atoms with Gasteiger partial charge in [0.25, 0.3) is 0 Å². The number of hydrogen-bond donors (Lipinski definition) is 1. The van der Waals surface area contributed by atoms with Crippen LogP contribution >= 0.6 is 0 Å². The van der Waals surface area contributed by atoms with E-state index in [9.17, 15) is 4.79 Å². The Balaban J connectivity index is 1.23. The summed E-state index contributed by atoms with van der Waals surface area (Å²) in [5.74, 6) is 1.19. The number of carbonyl (C=O) groups excluding carboxylic acids is 1. The van der Waals surface area contributed by atoms with E-state index in [0.717, 1.165) is 49.6 Å². The van der Waals surface area contributed by atoms with Gasteiger partial charge < -0.3 is 9.88 Å². The minimum Gasteiger partial charge on any atom is -0.351 e. The number of fused-ring (bicyclic) bond motifs is 1. The summed E-state index contributed by atoms with van der Waals surface area (Å²) in [4.78, 5) is 21.7. The highest BCUT2D eigenvalue weighted by Gasteiger charge is 2.20. The first-order chi connectivity index (χ1) is 14.1. The second-order valence-electron chi connectivity index (χ2n) is 7.89. The number of nitrogens with zero attached hydrogens (tertiary/aromatic N) is 4. The molecule has 0 radical (unpaired) electrons. The second kappa shape index (κ2) is 8.76. The fourth-order valence-electron chi connectivity index (χ4n) is 3.81. The molecule has 0 saturated carbocycles. The van der Waals surface area contributed by atoms with Crippen molar-refractivity contribution in [3.8, 4) is 0 Å². The Hall–Kier alpha value is -2.70. The van der Waals surface area contributed by atoms with E-state index in [2.05, 4.69) is 76.1 Å². The molecule has 0 bridgehead atoms. The quantitative estimate of drug-likeness (QED) is 0.701. The lowest BCUT2D eigenvalue weighted by Gasteiger charge is -2.34. The number of aryl methyl sites for hydroxylation is 2. The van der Waals surface area contributed by atoms with Crippen molar-refractivity contribution >= 4 is 16.9 Å². The molecule has 1 aliphatic rings. The molecule has 152 valence electrons. The van der Waals surface area contributed by atoms with Crippen molar-refractivity contribution in [3.05, 3.63) is 65.5 Å². The zero-order chi connectivity index (χ0) is 20.2. The van der Waals surface area contributed by atoms with Gasteiger partial charge in [0.2, 0.25) is 5.91 Å². The van der Waals surface area contributed by atoms with E-state index in [1.54, 1.807) is 0 Å². The fraction of sp³-hybridized carbons (Fsp3) is 0.391. The first kappa shape index (κ1) is 19.6. The summed E-state index contributed by atoms with van der Waals surface area (Å²) in [5.41, 5.74) is 4.59. The van der Waals surface area contributed by atoms with Gasteiger partial charge in [-0.1, -0.05) is 42.0 Å². The van der Waals surface area contributed by atoms with Crippen LogP contribution in [0.5, 0.6) is 0 Å². The maximum absolute atomic E-state index is 12.3. The molecule has 0 atom stereocenters. The molecule has 2 heterocycles. The Labute approximate surface area is 172 Å². The summed E-state index contributed by atoms with van der Waals surface area (Å²) in [6.07, 6.45) is 0. The maximum Gasteiger partial charge on any atom is 0.234 e. The Morgan fingerprint density at radius 2 is 1.69 bits per heavy atom. The van der Waals surface area contributed by atoms with Crippen molar-refractivity contribution in [2.24, 2.45) is 7.05 Å². The Morgan fingerprint density at radius 1 is 1.00 bits per heavy atom. The predicted octanol–water partition coefficient (Wildman–Crippen LogP) is 2.32. The molecule has 0 spiro atoms. The summed E-state index contributed by atoms with van der Waals surface area (Å²) in [5, 5.41) is 3.03. The third-order valence-corrected chi connectivity index (χ3v) is 5.69. The third-order valence-electron chi connectivity index (χ3n) is 5.69. The number of para-hydroxylation sites is 2. The molecule has 3 aromatic rings. The predicted molar refractivity (Wildman–Crippen MR) is 115 cm³/mol. The Morgan fingerprint density at radius 3 is 2.41 bits per heavy atom. The van der Waals surface area contributed by atoms with Crippen LogP contribution in [0.25, 0.3) is 11.0 Å². The number of hydrogen-bond acceptors (Lipinski definition) is 4. The molecule has 6 heteroatoms. The van der Waals surface area contributed by atoms with Gasteiger partial charge in [0, 0.05) is 39.8 Å². The van der Waals surface area contributed by atoms with E-state index in [4.69, 9.17) is 4.98 Å². The number of rotatable bonds is 6. The highest BCUT2D eigenvalue weighted by molar-refractivity contribution is 5.78. The third kappa shape index (κ3) is 4.83. The average Bonchev–Trinajstić information content (AvgIpc) is 3.05. The van der Waals surface area contributed by atoms with Gasteiger partial charge in [-0.05, 0) is 24.6 Å². The molecule has 1 aromatic heterocycles. The van der Waals surface area contributed by atoms with E-state index < -0.39 is 0 Å². The van der Waals surface area contributed by atoms with Crippen LogP contribution in [0, 0.1) is 6.92 Å². The van der Waals surface area contributed by atoms with Crippen molar-refractivity contribution in [2.75, 3.05) is 32.7 Å². The van der Waals surface area contributed by atoms with E-state index in [-0.39, 0.29) is 5.91 Å². The molecule has 1 fully saturated rings. The Bertz CT molecular complexity index is 971. The average molecular weight is 392 g/mol. The van der Waals surface area contributed by atoms with Gasteiger partial charge in [0.1, 0.15) is 5.82 Å². The normalized spacial score (nSPS) is 15.7. The molecule has 1 amide bonds. The van der Waals surface area contributed by atoms with Crippen LogP contribution in [-0.4, -0.2) is 58.0 Å². The highest BCUT2D eigenvalue weighted by atomic mass is 16.2. The van der Waals surface area contributed by atoms with Gasteiger partial charge in [-0.25, -0.2) is 4.98 Å². The van der Waals surface area contributed by atoms with Crippen molar-refractivity contribution < 1.29 is 4.79 Å². The minimum absolute atomic E-state index is 0.0920. The van der Waals surface area contributed by atoms with Crippen LogP contribution in [0.4, 0.5) is 0 Å².